The number of aliphatic carboxylic acids is 1. The van der Waals surface area contributed by atoms with Crippen molar-refractivity contribution in [1.29, 1.82) is 5.26 Å². The number of hydrogen-bond acceptors (Lipinski definition) is 6. The van der Waals surface area contributed by atoms with Crippen molar-refractivity contribution in [1.82, 2.24) is 9.97 Å². The smallest absolute Gasteiger partial charge is 0.322 e. The molecule has 0 aliphatic heterocycles. The van der Waals surface area contributed by atoms with Crippen molar-refractivity contribution in [2.24, 2.45) is 0 Å². The highest BCUT2D eigenvalue weighted by atomic mass is 16.4. The second kappa shape index (κ2) is 7.77. The number of carboxylic acids is 1. The number of hydrogen-bond donors (Lipinski definition) is 3. The molecule has 0 bridgehead atoms. The summed E-state index contributed by atoms with van der Waals surface area (Å²) in [4.78, 5) is 19.5. The summed E-state index contributed by atoms with van der Waals surface area (Å²) in [5.74, 6) is -0.372. The van der Waals surface area contributed by atoms with Gasteiger partial charge in [-0.25, -0.2) is 4.98 Å². The van der Waals surface area contributed by atoms with E-state index in [0.29, 0.717) is 22.8 Å². The normalized spacial score (nSPS) is 9.96. The average molecular weight is 345 g/mol. The van der Waals surface area contributed by atoms with Gasteiger partial charge in [0.1, 0.15) is 18.4 Å². The lowest BCUT2D eigenvalue weighted by molar-refractivity contribution is -0.134. The number of carbonyl (C=O) groups is 1. The average Bonchev–Trinajstić information content (AvgIpc) is 2.67. The topological polar surface area (TPSA) is 111 Å². The molecular weight excluding hydrogens is 330 g/mol. The first-order valence-electron chi connectivity index (χ1n) is 7.82. The second-order valence-electron chi connectivity index (χ2n) is 5.36. The van der Waals surface area contributed by atoms with Gasteiger partial charge in [-0.1, -0.05) is 42.5 Å². The third-order valence-corrected chi connectivity index (χ3v) is 3.50. The lowest BCUT2D eigenvalue weighted by Gasteiger charge is -2.11. The summed E-state index contributed by atoms with van der Waals surface area (Å²) in [6, 6.07) is 20.4. The van der Waals surface area contributed by atoms with Gasteiger partial charge < -0.3 is 15.7 Å². The van der Waals surface area contributed by atoms with Crippen molar-refractivity contribution in [3.63, 3.8) is 0 Å². The van der Waals surface area contributed by atoms with E-state index < -0.39 is 5.97 Å². The van der Waals surface area contributed by atoms with E-state index in [4.69, 9.17) is 5.11 Å². The van der Waals surface area contributed by atoms with Gasteiger partial charge in [0.15, 0.2) is 0 Å². The van der Waals surface area contributed by atoms with Crippen LogP contribution in [0.25, 0.3) is 11.3 Å². The number of nitrogens with zero attached hydrogens (tertiary/aromatic N) is 3. The summed E-state index contributed by atoms with van der Waals surface area (Å²) in [5, 5.41) is 23.9. The van der Waals surface area contributed by atoms with Crippen LogP contribution >= 0.6 is 0 Å². The van der Waals surface area contributed by atoms with E-state index in [-0.39, 0.29) is 12.5 Å². The molecule has 3 aromatic rings. The van der Waals surface area contributed by atoms with Crippen LogP contribution in [0.5, 0.6) is 0 Å². The van der Waals surface area contributed by atoms with E-state index >= 15 is 0 Å². The van der Waals surface area contributed by atoms with Crippen LogP contribution < -0.4 is 10.6 Å². The molecule has 3 rings (SSSR count). The number of rotatable bonds is 6. The van der Waals surface area contributed by atoms with E-state index in [1.807, 2.05) is 36.4 Å². The van der Waals surface area contributed by atoms with Crippen LogP contribution in [-0.2, 0) is 4.79 Å². The molecular formula is C19H15N5O2. The molecule has 0 atom stereocenters. The molecule has 0 aliphatic carbocycles. The Morgan fingerprint density at radius 3 is 2.54 bits per heavy atom. The van der Waals surface area contributed by atoms with E-state index in [1.165, 1.54) is 0 Å². The minimum absolute atomic E-state index is 0.186. The van der Waals surface area contributed by atoms with Gasteiger partial charge in [0.25, 0.3) is 0 Å². The van der Waals surface area contributed by atoms with Gasteiger partial charge in [-0.05, 0) is 12.1 Å². The predicted molar refractivity (Wildman–Crippen MR) is 98.0 cm³/mol. The third kappa shape index (κ3) is 4.13. The highest BCUT2D eigenvalue weighted by Gasteiger charge is 2.09. The maximum Gasteiger partial charge on any atom is 0.322 e. The van der Waals surface area contributed by atoms with Gasteiger partial charge >= 0.3 is 5.97 Å². The first-order valence-corrected chi connectivity index (χ1v) is 7.82. The number of aromatic nitrogens is 2. The Kier molecular flexibility index (Phi) is 5.05. The van der Waals surface area contributed by atoms with Gasteiger partial charge in [-0.15, -0.1) is 0 Å². The number of nitriles is 1. The SMILES string of the molecule is N#Cc1ccccc1Nc1cc(-c2ccccc2)nc(NCC(=O)O)n1. The lowest BCUT2D eigenvalue weighted by Crippen LogP contribution is -2.15. The molecule has 0 unspecified atom stereocenters. The van der Waals surface area contributed by atoms with Crippen LogP contribution in [0.1, 0.15) is 5.56 Å². The molecule has 26 heavy (non-hydrogen) atoms. The maximum absolute atomic E-state index is 10.8. The van der Waals surface area contributed by atoms with Crippen molar-refractivity contribution in [2.75, 3.05) is 17.2 Å². The largest absolute Gasteiger partial charge is 0.480 e. The number of benzene rings is 2. The van der Waals surface area contributed by atoms with Crippen LogP contribution in [-0.4, -0.2) is 27.6 Å². The first-order chi connectivity index (χ1) is 12.7. The minimum atomic E-state index is -1.01. The van der Waals surface area contributed by atoms with Gasteiger partial charge in [0, 0.05) is 11.6 Å². The zero-order chi connectivity index (χ0) is 18.4. The summed E-state index contributed by atoms with van der Waals surface area (Å²) < 4.78 is 0. The summed E-state index contributed by atoms with van der Waals surface area (Å²) in [5.41, 5.74) is 2.58. The molecule has 3 N–H and O–H groups in total. The van der Waals surface area contributed by atoms with Crippen molar-refractivity contribution < 1.29 is 9.90 Å². The Labute approximate surface area is 150 Å². The molecule has 0 spiro atoms. The van der Waals surface area contributed by atoms with Gasteiger partial charge in [0.2, 0.25) is 5.95 Å². The maximum atomic E-state index is 10.8. The summed E-state index contributed by atoms with van der Waals surface area (Å²) in [6.45, 7) is -0.299. The second-order valence-corrected chi connectivity index (χ2v) is 5.36. The Hall–Kier alpha value is -3.92. The monoisotopic (exact) mass is 345 g/mol. The Balaban J connectivity index is 1.99. The first kappa shape index (κ1) is 16.9. The molecule has 7 heteroatoms. The van der Waals surface area contributed by atoms with Crippen LogP contribution in [0.2, 0.25) is 0 Å². The van der Waals surface area contributed by atoms with Gasteiger partial charge in [0.05, 0.1) is 16.9 Å². The molecule has 7 nitrogen and oxygen atoms in total. The highest BCUT2D eigenvalue weighted by molar-refractivity contribution is 5.73. The molecule has 0 aliphatic rings. The number of nitrogens with one attached hydrogen (secondary N) is 2. The van der Waals surface area contributed by atoms with Crippen molar-refractivity contribution in [2.45, 2.75) is 0 Å². The molecule has 2 aromatic carbocycles. The fraction of sp³-hybridized carbons (Fsp3) is 0.0526. The van der Waals surface area contributed by atoms with Crippen LogP contribution in [0.3, 0.4) is 0 Å². The zero-order valence-electron chi connectivity index (χ0n) is 13.7. The van der Waals surface area contributed by atoms with E-state index in [2.05, 4.69) is 26.7 Å². The van der Waals surface area contributed by atoms with Crippen molar-refractivity contribution >= 4 is 23.4 Å². The van der Waals surface area contributed by atoms with Gasteiger partial charge in [-0.3, -0.25) is 4.79 Å². The summed E-state index contributed by atoms with van der Waals surface area (Å²) >= 11 is 0. The highest BCUT2D eigenvalue weighted by Crippen LogP contribution is 2.24. The minimum Gasteiger partial charge on any atom is -0.480 e. The molecule has 0 radical (unpaired) electrons. The van der Waals surface area contributed by atoms with Crippen LogP contribution in [0.4, 0.5) is 17.5 Å². The van der Waals surface area contributed by atoms with Crippen LogP contribution in [0, 0.1) is 11.3 Å². The molecule has 0 saturated carbocycles. The van der Waals surface area contributed by atoms with E-state index in [9.17, 15) is 10.1 Å². The summed E-state index contributed by atoms with van der Waals surface area (Å²) in [6.07, 6.45) is 0. The molecule has 1 aromatic heterocycles. The molecule has 1 heterocycles. The standard InChI is InChI=1S/C19H15N5O2/c20-11-14-8-4-5-9-15(14)22-17-10-16(13-6-2-1-3-7-13)23-19(24-17)21-12-18(25)26/h1-10H,12H2,(H,25,26)(H2,21,22,23,24). The third-order valence-electron chi connectivity index (χ3n) is 3.50. The fourth-order valence-corrected chi connectivity index (χ4v) is 2.33. The molecule has 0 amide bonds. The lowest BCUT2D eigenvalue weighted by atomic mass is 10.1. The Morgan fingerprint density at radius 2 is 1.81 bits per heavy atom. The summed E-state index contributed by atoms with van der Waals surface area (Å²) in [7, 11) is 0. The van der Waals surface area contributed by atoms with E-state index in [1.54, 1.807) is 24.3 Å². The van der Waals surface area contributed by atoms with E-state index in [0.717, 1.165) is 5.56 Å². The number of carboxylic acid groups (broad SMARTS) is 1. The van der Waals surface area contributed by atoms with Crippen molar-refractivity contribution in [3.8, 4) is 17.3 Å². The predicted octanol–water partition coefficient (Wildman–Crippen LogP) is 3.26. The molecule has 0 saturated heterocycles. The number of anilines is 3. The van der Waals surface area contributed by atoms with Crippen LogP contribution in [0.15, 0.2) is 60.7 Å². The molecule has 128 valence electrons. The molecule has 0 fully saturated rings. The number of para-hydroxylation sites is 1. The quantitative estimate of drug-likeness (QED) is 0.629. The fourth-order valence-electron chi connectivity index (χ4n) is 2.33. The Bertz CT molecular complexity index is 967. The van der Waals surface area contributed by atoms with Gasteiger partial charge in [-0.2, -0.15) is 10.2 Å². The van der Waals surface area contributed by atoms with Crippen molar-refractivity contribution in [3.05, 3.63) is 66.2 Å². The zero-order valence-corrected chi connectivity index (χ0v) is 13.7. The Morgan fingerprint density at radius 1 is 1.08 bits per heavy atom.